The highest BCUT2D eigenvalue weighted by atomic mass is 32.2. The normalized spacial score (nSPS) is 24.7. The third kappa shape index (κ3) is 4.09. The number of aryl methyl sites for hydroxylation is 1. The van der Waals surface area contributed by atoms with Crippen molar-refractivity contribution in [3.05, 3.63) is 29.6 Å². The summed E-state index contributed by atoms with van der Waals surface area (Å²) in [5.41, 5.74) is 2.19. The number of hydrogen-bond donors (Lipinski definition) is 0. The molecule has 2 saturated heterocycles. The zero-order chi connectivity index (χ0) is 16.3. The van der Waals surface area contributed by atoms with Crippen molar-refractivity contribution in [2.75, 3.05) is 39.4 Å². The summed E-state index contributed by atoms with van der Waals surface area (Å²) in [5.74, 6) is 0.365. The van der Waals surface area contributed by atoms with Gasteiger partial charge in [0, 0.05) is 38.1 Å². The Kier molecular flexibility index (Phi) is 5.31. The highest BCUT2D eigenvalue weighted by Crippen LogP contribution is 2.24. The topological polar surface area (TPSA) is 62.7 Å². The first-order valence-electron chi connectivity index (χ1n) is 8.30. The number of hydrogen-bond acceptors (Lipinski definition) is 4. The van der Waals surface area contributed by atoms with E-state index < -0.39 is 10.2 Å². The maximum absolute atomic E-state index is 12.8. The second-order valence-corrected chi connectivity index (χ2v) is 8.33. The molecule has 0 spiro atoms. The Morgan fingerprint density at radius 1 is 1.22 bits per heavy atom. The van der Waals surface area contributed by atoms with E-state index in [1.54, 1.807) is 8.61 Å². The zero-order valence-electron chi connectivity index (χ0n) is 13.6. The van der Waals surface area contributed by atoms with Crippen LogP contribution < -0.4 is 0 Å². The highest BCUT2D eigenvalue weighted by Gasteiger charge is 2.34. The van der Waals surface area contributed by atoms with Gasteiger partial charge in [-0.3, -0.25) is 4.98 Å². The molecule has 0 radical (unpaired) electrons. The van der Waals surface area contributed by atoms with Crippen LogP contribution in [-0.2, 0) is 21.4 Å². The third-order valence-electron chi connectivity index (χ3n) is 4.60. The minimum Gasteiger partial charge on any atom is -0.379 e. The molecule has 23 heavy (non-hydrogen) atoms. The van der Waals surface area contributed by atoms with Crippen LogP contribution >= 0.6 is 0 Å². The predicted octanol–water partition coefficient (Wildman–Crippen LogP) is 1.22. The van der Waals surface area contributed by atoms with Crippen molar-refractivity contribution in [3.8, 4) is 0 Å². The molecule has 0 aromatic carbocycles. The third-order valence-corrected chi connectivity index (χ3v) is 6.60. The van der Waals surface area contributed by atoms with Crippen LogP contribution in [0.4, 0.5) is 0 Å². The second-order valence-electron chi connectivity index (χ2n) is 6.40. The molecular formula is C16H25N3O3S. The molecule has 0 amide bonds. The van der Waals surface area contributed by atoms with Crippen molar-refractivity contribution in [1.82, 2.24) is 13.6 Å². The number of pyridine rings is 1. The maximum atomic E-state index is 12.8. The average Bonchev–Trinajstić information content (AvgIpc) is 2.58. The number of rotatable bonds is 4. The van der Waals surface area contributed by atoms with Crippen LogP contribution in [0.3, 0.4) is 0 Å². The summed E-state index contributed by atoms with van der Waals surface area (Å²) in [6.45, 7) is 5.12. The Morgan fingerprint density at radius 2 is 2.00 bits per heavy atom. The molecular weight excluding hydrogens is 314 g/mol. The summed E-state index contributed by atoms with van der Waals surface area (Å²) in [5, 5.41) is 0. The molecule has 128 valence electrons. The molecule has 1 aromatic rings. The van der Waals surface area contributed by atoms with Crippen LogP contribution in [0.1, 0.15) is 24.1 Å². The molecule has 2 fully saturated rings. The van der Waals surface area contributed by atoms with E-state index in [4.69, 9.17) is 4.74 Å². The van der Waals surface area contributed by atoms with Crippen molar-refractivity contribution >= 4 is 10.2 Å². The van der Waals surface area contributed by atoms with Gasteiger partial charge in [0.25, 0.3) is 10.2 Å². The summed E-state index contributed by atoms with van der Waals surface area (Å²) in [4.78, 5) is 4.33. The summed E-state index contributed by atoms with van der Waals surface area (Å²) >= 11 is 0. The van der Waals surface area contributed by atoms with Gasteiger partial charge in [0.1, 0.15) is 0 Å². The highest BCUT2D eigenvalue weighted by molar-refractivity contribution is 7.86. The fourth-order valence-electron chi connectivity index (χ4n) is 3.30. The van der Waals surface area contributed by atoms with E-state index in [2.05, 4.69) is 11.1 Å². The fourth-order valence-corrected chi connectivity index (χ4v) is 4.99. The standard InChI is InChI=1S/C16H25N3O3S/c1-14-4-5-15(12-17-14)11-16-3-2-6-19(13-16)23(20,21)18-7-9-22-10-8-18/h4-5,12,16H,2-3,6-11,13H2,1H3/t16-/m1/s1. The quantitative estimate of drug-likeness (QED) is 0.827. The van der Waals surface area contributed by atoms with E-state index in [0.717, 1.165) is 25.0 Å². The lowest BCUT2D eigenvalue weighted by atomic mass is 9.93. The number of morpholine rings is 1. The predicted molar refractivity (Wildman–Crippen MR) is 88.3 cm³/mol. The van der Waals surface area contributed by atoms with Gasteiger partial charge in [-0.2, -0.15) is 17.0 Å². The Labute approximate surface area is 138 Å². The molecule has 2 aliphatic rings. The molecule has 2 aliphatic heterocycles. The lowest BCUT2D eigenvalue weighted by molar-refractivity contribution is 0.0691. The van der Waals surface area contributed by atoms with Crippen molar-refractivity contribution in [2.24, 2.45) is 5.92 Å². The molecule has 7 heteroatoms. The average molecular weight is 339 g/mol. The Bertz CT molecular complexity index is 612. The number of ether oxygens (including phenoxy) is 1. The largest absolute Gasteiger partial charge is 0.379 e. The lowest BCUT2D eigenvalue weighted by Gasteiger charge is -2.36. The van der Waals surface area contributed by atoms with Gasteiger partial charge in [0.05, 0.1) is 13.2 Å². The molecule has 3 heterocycles. The van der Waals surface area contributed by atoms with Crippen LogP contribution in [0.15, 0.2) is 18.3 Å². The van der Waals surface area contributed by atoms with Gasteiger partial charge in [0.2, 0.25) is 0 Å². The lowest BCUT2D eigenvalue weighted by Crippen LogP contribution is -2.51. The first-order chi connectivity index (χ1) is 11.1. The van der Waals surface area contributed by atoms with Crippen LogP contribution in [0.5, 0.6) is 0 Å². The van der Waals surface area contributed by atoms with Gasteiger partial charge in [-0.25, -0.2) is 0 Å². The Morgan fingerprint density at radius 3 is 2.70 bits per heavy atom. The van der Waals surface area contributed by atoms with Gasteiger partial charge in [-0.15, -0.1) is 0 Å². The molecule has 1 aromatic heterocycles. The zero-order valence-corrected chi connectivity index (χ0v) is 14.5. The van der Waals surface area contributed by atoms with Gasteiger partial charge < -0.3 is 4.74 Å². The van der Waals surface area contributed by atoms with Crippen molar-refractivity contribution in [1.29, 1.82) is 0 Å². The molecule has 0 bridgehead atoms. The molecule has 3 rings (SSSR count). The van der Waals surface area contributed by atoms with Crippen LogP contribution in [0, 0.1) is 12.8 Å². The first kappa shape index (κ1) is 16.8. The first-order valence-corrected chi connectivity index (χ1v) is 9.70. The van der Waals surface area contributed by atoms with Crippen molar-refractivity contribution < 1.29 is 13.2 Å². The minimum absolute atomic E-state index is 0.365. The second kappa shape index (κ2) is 7.25. The van der Waals surface area contributed by atoms with E-state index in [1.807, 2.05) is 19.2 Å². The summed E-state index contributed by atoms with van der Waals surface area (Å²) in [6.07, 6.45) is 4.80. The van der Waals surface area contributed by atoms with Crippen LogP contribution in [0.2, 0.25) is 0 Å². The van der Waals surface area contributed by atoms with E-state index >= 15 is 0 Å². The summed E-state index contributed by atoms with van der Waals surface area (Å²) < 4.78 is 34.0. The van der Waals surface area contributed by atoms with Gasteiger partial charge in [-0.1, -0.05) is 6.07 Å². The molecule has 0 saturated carbocycles. The van der Waals surface area contributed by atoms with Crippen molar-refractivity contribution in [3.63, 3.8) is 0 Å². The minimum atomic E-state index is -3.35. The summed E-state index contributed by atoms with van der Waals surface area (Å²) in [6, 6.07) is 4.11. The molecule has 0 N–H and O–H groups in total. The number of nitrogens with zero attached hydrogens (tertiary/aromatic N) is 3. The fraction of sp³-hybridized carbons (Fsp3) is 0.688. The number of piperidine rings is 1. The van der Waals surface area contributed by atoms with Gasteiger partial charge >= 0.3 is 0 Å². The molecule has 0 unspecified atom stereocenters. The Hall–Kier alpha value is -1.02. The van der Waals surface area contributed by atoms with Gasteiger partial charge in [0.15, 0.2) is 0 Å². The SMILES string of the molecule is Cc1ccc(C[C@H]2CCCN(S(=O)(=O)N3CCOCC3)C2)cn1. The van der Waals surface area contributed by atoms with E-state index in [0.29, 0.717) is 45.3 Å². The molecule has 1 atom stereocenters. The van der Waals surface area contributed by atoms with Crippen LogP contribution in [0.25, 0.3) is 0 Å². The Balaban J connectivity index is 1.64. The van der Waals surface area contributed by atoms with Crippen molar-refractivity contribution in [2.45, 2.75) is 26.2 Å². The number of aromatic nitrogens is 1. The summed E-state index contributed by atoms with van der Waals surface area (Å²) in [7, 11) is -3.35. The van der Waals surface area contributed by atoms with Gasteiger partial charge in [-0.05, 0) is 43.7 Å². The molecule has 6 nitrogen and oxygen atoms in total. The van der Waals surface area contributed by atoms with E-state index in [9.17, 15) is 8.42 Å². The molecule has 0 aliphatic carbocycles. The van der Waals surface area contributed by atoms with E-state index in [1.165, 1.54) is 5.56 Å². The maximum Gasteiger partial charge on any atom is 0.282 e. The van der Waals surface area contributed by atoms with E-state index in [-0.39, 0.29) is 0 Å². The smallest absolute Gasteiger partial charge is 0.282 e. The van der Waals surface area contributed by atoms with Crippen LogP contribution in [-0.4, -0.2) is 61.4 Å². The monoisotopic (exact) mass is 339 g/mol.